The number of hydrogen-bond donors (Lipinski definition) is 1. The second-order valence-corrected chi connectivity index (χ2v) is 8.16. The lowest BCUT2D eigenvalue weighted by molar-refractivity contribution is 0.479. The minimum absolute atomic E-state index is 0.0468. The number of aromatic nitrogens is 3. The van der Waals surface area contributed by atoms with Crippen molar-refractivity contribution in [3.8, 4) is 0 Å². The summed E-state index contributed by atoms with van der Waals surface area (Å²) in [6.07, 6.45) is 4.12. The van der Waals surface area contributed by atoms with E-state index in [0.29, 0.717) is 11.7 Å². The van der Waals surface area contributed by atoms with Crippen molar-refractivity contribution in [1.82, 2.24) is 14.8 Å². The van der Waals surface area contributed by atoms with E-state index in [-0.39, 0.29) is 17.0 Å². The van der Waals surface area contributed by atoms with Gasteiger partial charge in [0.15, 0.2) is 5.82 Å². The molecule has 1 aromatic heterocycles. The van der Waals surface area contributed by atoms with Crippen molar-refractivity contribution in [2.24, 2.45) is 18.7 Å². The first kappa shape index (κ1) is 18.4. The molecule has 6 nitrogen and oxygen atoms in total. The van der Waals surface area contributed by atoms with Gasteiger partial charge in [0.2, 0.25) is 15.0 Å². The van der Waals surface area contributed by atoms with Gasteiger partial charge in [0.25, 0.3) is 0 Å². The van der Waals surface area contributed by atoms with Crippen LogP contribution in [-0.2, 0) is 16.9 Å². The molecule has 1 atom stereocenters. The molecule has 0 bridgehead atoms. The van der Waals surface area contributed by atoms with Gasteiger partial charge in [0, 0.05) is 7.05 Å². The van der Waals surface area contributed by atoms with Gasteiger partial charge >= 0.3 is 0 Å². The largest absolute Gasteiger partial charge is 0.321 e. The maximum atomic E-state index is 12.5. The molecule has 130 valence electrons. The van der Waals surface area contributed by atoms with E-state index in [0.717, 1.165) is 12.0 Å². The first-order valence-corrected chi connectivity index (χ1v) is 9.55. The van der Waals surface area contributed by atoms with E-state index in [1.165, 1.54) is 4.57 Å². The van der Waals surface area contributed by atoms with Crippen LogP contribution in [0.1, 0.15) is 37.7 Å². The highest BCUT2D eigenvalue weighted by atomic mass is 32.2. The molecule has 1 aromatic carbocycles. The highest BCUT2D eigenvalue weighted by molar-refractivity contribution is 7.91. The van der Waals surface area contributed by atoms with Crippen LogP contribution in [0.4, 0.5) is 0 Å². The first-order chi connectivity index (χ1) is 11.3. The molecule has 7 heteroatoms. The van der Waals surface area contributed by atoms with Gasteiger partial charge in [-0.1, -0.05) is 56.3 Å². The molecule has 0 spiro atoms. The predicted molar refractivity (Wildman–Crippen MR) is 94.9 cm³/mol. The molecule has 0 aliphatic carbocycles. The maximum Gasteiger partial charge on any atom is 0.249 e. The molecule has 0 amide bonds. The smallest absolute Gasteiger partial charge is 0.249 e. The van der Waals surface area contributed by atoms with Gasteiger partial charge in [0.05, 0.1) is 11.8 Å². The Morgan fingerprint density at radius 1 is 1.21 bits per heavy atom. The Labute approximate surface area is 143 Å². The van der Waals surface area contributed by atoms with E-state index in [2.05, 4.69) is 24.0 Å². The average Bonchev–Trinajstić information content (AvgIpc) is 2.90. The van der Waals surface area contributed by atoms with Crippen molar-refractivity contribution in [1.29, 1.82) is 0 Å². The summed E-state index contributed by atoms with van der Waals surface area (Å²) < 4.78 is 26.5. The summed E-state index contributed by atoms with van der Waals surface area (Å²) in [7, 11) is -1.91. The van der Waals surface area contributed by atoms with Crippen LogP contribution in [0.2, 0.25) is 0 Å². The topological polar surface area (TPSA) is 90.9 Å². The molecule has 1 heterocycles. The van der Waals surface area contributed by atoms with Gasteiger partial charge in [0.1, 0.15) is 0 Å². The van der Waals surface area contributed by atoms with Crippen LogP contribution in [-0.4, -0.2) is 28.9 Å². The van der Waals surface area contributed by atoms with Crippen LogP contribution in [0.5, 0.6) is 0 Å². The van der Waals surface area contributed by atoms with Gasteiger partial charge in [-0.05, 0) is 17.9 Å². The molecule has 24 heavy (non-hydrogen) atoms. The van der Waals surface area contributed by atoms with Crippen molar-refractivity contribution in [3.63, 3.8) is 0 Å². The van der Waals surface area contributed by atoms with Crippen LogP contribution in [0.15, 0.2) is 41.6 Å². The Morgan fingerprint density at radius 3 is 2.50 bits per heavy atom. The summed E-state index contributed by atoms with van der Waals surface area (Å²) in [5, 5.41) is 7.79. The Bertz CT molecular complexity index is 795. The normalized spacial score (nSPS) is 13.7. The zero-order valence-corrected chi connectivity index (χ0v) is 15.1. The molecule has 0 aliphatic heterocycles. The Kier molecular flexibility index (Phi) is 5.90. The second kappa shape index (κ2) is 7.72. The zero-order valence-electron chi connectivity index (χ0n) is 14.3. The Hall–Kier alpha value is -1.99. The van der Waals surface area contributed by atoms with E-state index < -0.39 is 9.84 Å². The summed E-state index contributed by atoms with van der Waals surface area (Å²) in [5.74, 6) is 0.757. The molecular formula is C17H24N4O2S. The summed E-state index contributed by atoms with van der Waals surface area (Å²) in [6, 6.07) is 9.21. The van der Waals surface area contributed by atoms with Crippen LogP contribution >= 0.6 is 0 Å². The standard InChI is InChI=1S/C17H24N4O2S/c1-13(2)12-15(18)16-19-20-17(21(16)3)24(22,23)11-7-10-14-8-5-4-6-9-14/h4-10,13,15H,11-12,18H2,1-3H3/t15-/m0/s1. The number of rotatable bonds is 7. The summed E-state index contributed by atoms with van der Waals surface area (Å²) in [5.41, 5.74) is 7.05. The van der Waals surface area contributed by atoms with Crippen LogP contribution in [0.25, 0.3) is 6.08 Å². The third-order valence-electron chi connectivity index (χ3n) is 3.63. The monoisotopic (exact) mass is 348 g/mol. The third kappa shape index (κ3) is 4.52. The number of hydrogen-bond acceptors (Lipinski definition) is 5. The van der Waals surface area contributed by atoms with Gasteiger partial charge in [-0.25, -0.2) is 8.42 Å². The summed E-state index contributed by atoms with van der Waals surface area (Å²) >= 11 is 0. The molecule has 2 N–H and O–H groups in total. The van der Waals surface area contributed by atoms with Crippen molar-refractivity contribution in [2.45, 2.75) is 31.5 Å². The number of nitrogens with zero attached hydrogens (tertiary/aromatic N) is 3. The molecule has 0 unspecified atom stereocenters. The number of benzene rings is 1. The molecule has 0 aliphatic rings. The third-order valence-corrected chi connectivity index (χ3v) is 5.17. The van der Waals surface area contributed by atoms with E-state index in [1.54, 1.807) is 19.2 Å². The van der Waals surface area contributed by atoms with Crippen LogP contribution in [0.3, 0.4) is 0 Å². The van der Waals surface area contributed by atoms with Crippen LogP contribution < -0.4 is 5.73 Å². The van der Waals surface area contributed by atoms with Crippen molar-refractivity contribution in [3.05, 3.63) is 47.8 Å². The lowest BCUT2D eigenvalue weighted by Crippen LogP contribution is -2.19. The summed E-state index contributed by atoms with van der Waals surface area (Å²) in [4.78, 5) is 0. The lowest BCUT2D eigenvalue weighted by atomic mass is 10.0. The molecule has 0 fully saturated rings. The number of sulfone groups is 1. The van der Waals surface area contributed by atoms with Gasteiger partial charge in [-0.3, -0.25) is 0 Å². The van der Waals surface area contributed by atoms with Gasteiger partial charge < -0.3 is 10.3 Å². The molecule has 0 saturated carbocycles. The Balaban J connectivity index is 2.15. The van der Waals surface area contributed by atoms with Gasteiger partial charge in [-0.15, -0.1) is 10.2 Å². The number of nitrogens with two attached hydrogens (primary N) is 1. The fourth-order valence-electron chi connectivity index (χ4n) is 2.48. The molecule has 2 rings (SSSR count). The predicted octanol–water partition coefficient (Wildman–Crippen LogP) is 2.35. The van der Waals surface area contributed by atoms with E-state index in [4.69, 9.17) is 5.73 Å². The summed E-state index contributed by atoms with van der Waals surface area (Å²) in [6.45, 7) is 4.12. The second-order valence-electron chi connectivity index (χ2n) is 6.23. The maximum absolute atomic E-state index is 12.5. The van der Waals surface area contributed by atoms with Crippen molar-refractivity contribution < 1.29 is 8.42 Å². The highest BCUT2D eigenvalue weighted by Gasteiger charge is 2.24. The SMILES string of the molecule is CC(C)C[C@H](N)c1nnc(S(=O)(=O)CC=Cc2ccccc2)n1C. The molecule has 2 aromatic rings. The van der Waals surface area contributed by atoms with Crippen LogP contribution in [0, 0.1) is 5.92 Å². The lowest BCUT2D eigenvalue weighted by Gasteiger charge is -2.13. The zero-order chi connectivity index (χ0) is 17.7. The highest BCUT2D eigenvalue weighted by Crippen LogP contribution is 2.19. The Morgan fingerprint density at radius 2 is 1.88 bits per heavy atom. The average molecular weight is 348 g/mol. The molecular weight excluding hydrogens is 324 g/mol. The van der Waals surface area contributed by atoms with Crippen molar-refractivity contribution in [2.75, 3.05) is 5.75 Å². The molecule has 0 radical (unpaired) electrons. The van der Waals surface area contributed by atoms with E-state index >= 15 is 0 Å². The van der Waals surface area contributed by atoms with E-state index in [9.17, 15) is 8.42 Å². The minimum atomic E-state index is -3.56. The fourth-order valence-corrected chi connectivity index (χ4v) is 3.66. The van der Waals surface area contributed by atoms with Gasteiger partial charge in [-0.2, -0.15) is 0 Å². The minimum Gasteiger partial charge on any atom is -0.321 e. The van der Waals surface area contributed by atoms with E-state index in [1.807, 2.05) is 30.3 Å². The molecule has 0 saturated heterocycles. The van der Waals surface area contributed by atoms with Crippen molar-refractivity contribution >= 4 is 15.9 Å². The first-order valence-electron chi connectivity index (χ1n) is 7.90. The fraction of sp³-hybridized carbons (Fsp3) is 0.412. The quantitative estimate of drug-likeness (QED) is 0.829.